The van der Waals surface area contributed by atoms with Crippen molar-refractivity contribution in [1.29, 1.82) is 0 Å². The summed E-state index contributed by atoms with van der Waals surface area (Å²) < 4.78 is 10.7. The van der Waals surface area contributed by atoms with Crippen LogP contribution < -0.4 is 15.4 Å². The SMILES string of the molecule is CC(C)COCCCNC(=O)c1ccc2c(c1)NC(=O)CO2. The summed E-state index contributed by atoms with van der Waals surface area (Å²) in [7, 11) is 0. The fourth-order valence-corrected chi connectivity index (χ4v) is 2.02. The van der Waals surface area contributed by atoms with E-state index in [9.17, 15) is 9.59 Å². The molecule has 22 heavy (non-hydrogen) atoms. The summed E-state index contributed by atoms with van der Waals surface area (Å²) in [5.74, 6) is 0.708. The molecule has 0 radical (unpaired) electrons. The Labute approximate surface area is 130 Å². The van der Waals surface area contributed by atoms with Gasteiger partial charge in [0.25, 0.3) is 11.8 Å². The number of fused-ring (bicyclic) bond motifs is 1. The van der Waals surface area contributed by atoms with E-state index in [0.29, 0.717) is 36.1 Å². The quantitative estimate of drug-likeness (QED) is 0.753. The predicted octanol–water partition coefficient (Wildman–Crippen LogP) is 1.81. The first-order valence-corrected chi connectivity index (χ1v) is 7.49. The number of carbonyl (C=O) groups excluding carboxylic acids is 2. The Hall–Kier alpha value is -2.08. The van der Waals surface area contributed by atoms with E-state index in [1.54, 1.807) is 18.2 Å². The molecule has 0 saturated heterocycles. The van der Waals surface area contributed by atoms with Crippen LogP contribution in [-0.2, 0) is 9.53 Å². The highest BCUT2D eigenvalue weighted by Gasteiger charge is 2.17. The summed E-state index contributed by atoms with van der Waals surface area (Å²) in [6, 6.07) is 4.99. The van der Waals surface area contributed by atoms with Gasteiger partial charge in [0.15, 0.2) is 6.61 Å². The van der Waals surface area contributed by atoms with Gasteiger partial charge in [0, 0.05) is 25.3 Å². The highest BCUT2D eigenvalue weighted by atomic mass is 16.5. The van der Waals surface area contributed by atoms with Crippen molar-refractivity contribution in [2.24, 2.45) is 5.92 Å². The monoisotopic (exact) mass is 306 g/mol. The average molecular weight is 306 g/mol. The van der Waals surface area contributed by atoms with Crippen molar-refractivity contribution in [3.63, 3.8) is 0 Å². The van der Waals surface area contributed by atoms with E-state index in [2.05, 4.69) is 24.5 Å². The van der Waals surface area contributed by atoms with E-state index in [-0.39, 0.29) is 18.4 Å². The van der Waals surface area contributed by atoms with Gasteiger partial charge in [-0.05, 0) is 30.5 Å². The zero-order valence-corrected chi connectivity index (χ0v) is 13.0. The third-order valence-electron chi connectivity index (χ3n) is 3.08. The van der Waals surface area contributed by atoms with Crippen LogP contribution in [0.5, 0.6) is 5.75 Å². The van der Waals surface area contributed by atoms with Crippen molar-refractivity contribution in [2.45, 2.75) is 20.3 Å². The summed E-state index contributed by atoms with van der Waals surface area (Å²) in [6.07, 6.45) is 0.767. The van der Waals surface area contributed by atoms with E-state index in [1.165, 1.54) is 0 Å². The van der Waals surface area contributed by atoms with Crippen LogP contribution >= 0.6 is 0 Å². The summed E-state index contributed by atoms with van der Waals surface area (Å²) >= 11 is 0. The Morgan fingerprint density at radius 3 is 3.05 bits per heavy atom. The molecule has 6 nitrogen and oxygen atoms in total. The molecule has 1 aliphatic heterocycles. The largest absolute Gasteiger partial charge is 0.482 e. The standard InChI is InChI=1S/C16H22N2O4/c1-11(2)9-21-7-3-6-17-16(20)12-4-5-14-13(8-12)18-15(19)10-22-14/h4-5,8,11H,3,6-7,9-10H2,1-2H3,(H,17,20)(H,18,19). The van der Waals surface area contributed by atoms with Crippen LogP contribution in [0.1, 0.15) is 30.6 Å². The van der Waals surface area contributed by atoms with Crippen LogP contribution in [0.3, 0.4) is 0 Å². The molecule has 0 aromatic heterocycles. The van der Waals surface area contributed by atoms with Crippen LogP contribution in [0.15, 0.2) is 18.2 Å². The van der Waals surface area contributed by atoms with E-state index < -0.39 is 0 Å². The summed E-state index contributed by atoms with van der Waals surface area (Å²) in [6.45, 7) is 6.12. The van der Waals surface area contributed by atoms with Gasteiger partial charge in [-0.25, -0.2) is 0 Å². The molecular weight excluding hydrogens is 284 g/mol. The number of benzene rings is 1. The lowest BCUT2D eigenvalue weighted by atomic mass is 10.1. The molecule has 2 amide bonds. The molecule has 0 spiro atoms. The highest BCUT2D eigenvalue weighted by Crippen LogP contribution is 2.28. The van der Waals surface area contributed by atoms with Crippen molar-refractivity contribution in [3.05, 3.63) is 23.8 Å². The molecule has 2 rings (SSSR count). The Balaban J connectivity index is 1.78. The van der Waals surface area contributed by atoms with Gasteiger partial charge in [-0.1, -0.05) is 13.8 Å². The van der Waals surface area contributed by atoms with Gasteiger partial charge in [-0.15, -0.1) is 0 Å². The number of nitrogens with one attached hydrogen (secondary N) is 2. The number of amides is 2. The lowest BCUT2D eigenvalue weighted by Gasteiger charge is -2.18. The van der Waals surface area contributed by atoms with E-state index in [0.717, 1.165) is 13.0 Å². The highest BCUT2D eigenvalue weighted by molar-refractivity contribution is 5.99. The van der Waals surface area contributed by atoms with Gasteiger partial charge >= 0.3 is 0 Å². The molecule has 0 aliphatic carbocycles. The van der Waals surface area contributed by atoms with Crippen molar-refractivity contribution >= 4 is 17.5 Å². The van der Waals surface area contributed by atoms with Crippen molar-refractivity contribution in [2.75, 3.05) is 31.7 Å². The second-order valence-electron chi connectivity index (χ2n) is 5.63. The Bertz CT molecular complexity index is 543. The second kappa shape index (κ2) is 7.79. The number of ether oxygens (including phenoxy) is 2. The fraction of sp³-hybridized carbons (Fsp3) is 0.500. The molecule has 6 heteroatoms. The number of hydrogen-bond donors (Lipinski definition) is 2. The third kappa shape index (κ3) is 4.73. The zero-order valence-electron chi connectivity index (χ0n) is 13.0. The maximum Gasteiger partial charge on any atom is 0.262 e. The molecule has 0 atom stereocenters. The molecule has 1 heterocycles. The van der Waals surface area contributed by atoms with Gasteiger partial charge < -0.3 is 20.1 Å². The van der Waals surface area contributed by atoms with Crippen molar-refractivity contribution < 1.29 is 19.1 Å². The topological polar surface area (TPSA) is 76.7 Å². The predicted molar refractivity (Wildman–Crippen MR) is 83.2 cm³/mol. The van der Waals surface area contributed by atoms with Gasteiger partial charge in [0.2, 0.25) is 0 Å². The number of rotatable bonds is 7. The molecule has 0 saturated carbocycles. The molecule has 120 valence electrons. The molecule has 0 unspecified atom stereocenters. The first-order chi connectivity index (χ1) is 10.6. The normalized spacial score (nSPS) is 13.3. The smallest absolute Gasteiger partial charge is 0.262 e. The summed E-state index contributed by atoms with van der Waals surface area (Å²) in [5, 5.41) is 5.52. The molecule has 0 bridgehead atoms. The average Bonchev–Trinajstić information content (AvgIpc) is 2.49. The van der Waals surface area contributed by atoms with E-state index in [4.69, 9.17) is 9.47 Å². The van der Waals surface area contributed by atoms with Gasteiger partial charge in [0.1, 0.15) is 5.75 Å². The van der Waals surface area contributed by atoms with E-state index in [1.807, 2.05) is 0 Å². The molecular formula is C16H22N2O4. The van der Waals surface area contributed by atoms with Crippen molar-refractivity contribution in [3.8, 4) is 5.75 Å². The number of hydrogen-bond acceptors (Lipinski definition) is 4. The Morgan fingerprint density at radius 1 is 1.45 bits per heavy atom. The number of anilines is 1. The molecule has 1 aromatic carbocycles. The second-order valence-corrected chi connectivity index (χ2v) is 5.63. The first-order valence-electron chi connectivity index (χ1n) is 7.49. The van der Waals surface area contributed by atoms with Crippen LogP contribution in [-0.4, -0.2) is 38.2 Å². The zero-order chi connectivity index (χ0) is 15.9. The van der Waals surface area contributed by atoms with Gasteiger partial charge in [-0.3, -0.25) is 9.59 Å². The summed E-state index contributed by atoms with van der Waals surface area (Å²) in [5.41, 5.74) is 1.02. The number of carbonyl (C=O) groups is 2. The first kappa shape index (κ1) is 16.3. The van der Waals surface area contributed by atoms with Crippen LogP contribution in [0.4, 0.5) is 5.69 Å². The molecule has 1 aromatic rings. The lowest BCUT2D eigenvalue weighted by molar-refractivity contribution is -0.118. The van der Waals surface area contributed by atoms with Crippen LogP contribution in [0.25, 0.3) is 0 Å². The minimum Gasteiger partial charge on any atom is -0.482 e. The molecule has 0 fully saturated rings. The molecule has 2 N–H and O–H groups in total. The minimum atomic E-state index is -0.215. The van der Waals surface area contributed by atoms with E-state index >= 15 is 0 Å². The maximum absolute atomic E-state index is 12.0. The fourth-order valence-electron chi connectivity index (χ4n) is 2.02. The van der Waals surface area contributed by atoms with Gasteiger partial charge in [-0.2, -0.15) is 0 Å². The van der Waals surface area contributed by atoms with Crippen LogP contribution in [0.2, 0.25) is 0 Å². The van der Waals surface area contributed by atoms with Crippen molar-refractivity contribution in [1.82, 2.24) is 5.32 Å². The lowest BCUT2D eigenvalue weighted by Crippen LogP contribution is -2.27. The maximum atomic E-state index is 12.0. The Morgan fingerprint density at radius 2 is 2.27 bits per heavy atom. The summed E-state index contributed by atoms with van der Waals surface area (Å²) in [4.78, 5) is 23.3. The third-order valence-corrected chi connectivity index (χ3v) is 3.08. The van der Waals surface area contributed by atoms with Gasteiger partial charge in [0.05, 0.1) is 5.69 Å². The Kier molecular flexibility index (Phi) is 5.77. The van der Waals surface area contributed by atoms with Crippen LogP contribution in [0, 0.1) is 5.92 Å². The minimum absolute atomic E-state index is 0.00885. The molecule has 1 aliphatic rings.